The molecule has 0 radical (unpaired) electrons. The molecule has 1 rings (SSSR count). The Balaban J connectivity index is 2.04. The van der Waals surface area contributed by atoms with Crippen molar-refractivity contribution in [2.45, 2.75) is 44.6 Å². The molecule has 0 aromatic heterocycles. The highest BCUT2D eigenvalue weighted by Gasteiger charge is 2.30. The number of aliphatic carboxylic acids is 1. The molecule has 0 bridgehead atoms. The number of thioether (sulfide) groups is 1. The number of carboxylic acid groups (broad SMARTS) is 1. The van der Waals surface area contributed by atoms with E-state index in [1.165, 1.54) is 12.2 Å². The molecule has 5 nitrogen and oxygen atoms in total. The van der Waals surface area contributed by atoms with Crippen LogP contribution in [0.3, 0.4) is 0 Å². The normalized spacial score (nSPS) is 22.2. The minimum atomic E-state index is -0.751. The molecule has 2 atom stereocenters. The number of amides is 2. The van der Waals surface area contributed by atoms with Gasteiger partial charge in [-0.3, -0.25) is 4.79 Å². The van der Waals surface area contributed by atoms with Crippen molar-refractivity contribution in [3.63, 3.8) is 0 Å². The van der Waals surface area contributed by atoms with Crippen molar-refractivity contribution in [3.8, 4) is 0 Å². The van der Waals surface area contributed by atoms with Crippen LogP contribution in [0.4, 0.5) is 4.79 Å². The van der Waals surface area contributed by atoms with Gasteiger partial charge in [-0.25, -0.2) is 4.79 Å². The first-order valence-electron chi connectivity index (χ1n) is 6.89. The summed E-state index contributed by atoms with van der Waals surface area (Å²) in [5.41, 5.74) is 0. The van der Waals surface area contributed by atoms with Crippen LogP contribution in [0.1, 0.15) is 38.5 Å². The number of urea groups is 1. The molecule has 0 aliphatic heterocycles. The predicted octanol–water partition coefficient (Wildman–Crippen LogP) is 2.07. The van der Waals surface area contributed by atoms with Crippen molar-refractivity contribution < 1.29 is 14.7 Å². The lowest BCUT2D eigenvalue weighted by Crippen LogP contribution is -2.41. The fraction of sp³-hybridized carbons (Fsp3) is 0.846. The van der Waals surface area contributed by atoms with Crippen molar-refractivity contribution in [2.75, 3.05) is 18.6 Å². The summed E-state index contributed by atoms with van der Waals surface area (Å²) in [4.78, 5) is 22.4. The topological polar surface area (TPSA) is 78.4 Å². The molecule has 3 N–H and O–H groups in total. The minimum Gasteiger partial charge on any atom is -0.481 e. The number of hydrogen-bond acceptors (Lipinski definition) is 3. The number of carbonyl (C=O) groups is 2. The highest BCUT2D eigenvalue weighted by molar-refractivity contribution is 7.98. The molecule has 1 fully saturated rings. The van der Waals surface area contributed by atoms with E-state index in [4.69, 9.17) is 5.11 Å². The third-order valence-electron chi connectivity index (χ3n) is 3.43. The van der Waals surface area contributed by atoms with E-state index in [-0.39, 0.29) is 18.0 Å². The zero-order valence-electron chi connectivity index (χ0n) is 11.5. The van der Waals surface area contributed by atoms with Gasteiger partial charge in [-0.2, -0.15) is 11.8 Å². The SMILES string of the molecule is CSCCCCCNC(=O)N[C@H]1CC[C@@H](C(=O)O)C1. The standard InChI is InChI=1S/C13H24N2O3S/c1-19-8-4-2-3-7-14-13(18)15-11-6-5-10(9-11)12(16)17/h10-11H,2-9H2,1H3,(H,16,17)(H2,14,15,18)/t10-,11+/m1/s1. The Labute approximate surface area is 118 Å². The van der Waals surface area contributed by atoms with Crippen molar-refractivity contribution in [2.24, 2.45) is 5.92 Å². The van der Waals surface area contributed by atoms with Gasteiger partial charge in [-0.1, -0.05) is 6.42 Å². The van der Waals surface area contributed by atoms with Crippen molar-refractivity contribution >= 4 is 23.8 Å². The summed E-state index contributed by atoms with van der Waals surface area (Å²) in [5.74, 6) is 0.125. The average molecular weight is 288 g/mol. The Morgan fingerprint density at radius 3 is 2.68 bits per heavy atom. The van der Waals surface area contributed by atoms with E-state index < -0.39 is 5.97 Å². The summed E-state index contributed by atoms with van der Waals surface area (Å²) >= 11 is 1.84. The van der Waals surface area contributed by atoms with Crippen LogP contribution in [0, 0.1) is 5.92 Å². The monoisotopic (exact) mass is 288 g/mol. The third-order valence-corrected chi connectivity index (χ3v) is 4.12. The third kappa shape index (κ3) is 6.71. The molecule has 0 aromatic rings. The van der Waals surface area contributed by atoms with E-state index in [2.05, 4.69) is 16.9 Å². The maximum atomic E-state index is 11.6. The number of carboxylic acids is 1. The van der Waals surface area contributed by atoms with Crippen LogP contribution >= 0.6 is 11.8 Å². The smallest absolute Gasteiger partial charge is 0.315 e. The van der Waals surface area contributed by atoms with E-state index in [0.29, 0.717) is 19.4 Å². The van der Waals surface area contributed by atoms with Gasteiger partial charge in [0.25, 0.3) is 0 Å². The molecular formula is C13H24N2O3S. The van der Waals surface area contributed by atoms with Crippen LogP contribution in [0.5, 0.6) is 0 Å². The molecule has 6 heteroatoms. The quantitative estimate of drug-likeness (QED) is 0.597. The van der Waals surface area contributed by atoms with E-state index in [1.807, 2.05) is 11.8 Å². The zero-order valence-corrected chi connectivity index (χ0v) is 12.3. The molecule has 0 spiro atoms. The van der Waals surface area contributed by atoms with Crippen LogP contribution in [0.2, 0.25) is 0 Å². The largest absolute Gasteiger partial charge is 0.481 e. The molecular weight excluding hydrogens is 264 g/mol. The predicted molar refractivity (Wildman–Crippen MR) is 77.5 cm³/mol. The Bertz CT molecular complexity index is 300. The summed E-state index contributed by atoms with van der Waals surface area (Å²) in [6.45, 7) is 0.690. The van der Waals surface area contributed by atoms with Crippen LogP contribution in [0.15, 0.2) is 0 Å². The Morgan fingerprint density at radius 1 is 1.26 bits per heavy atom. The van der Waals surface area contributed by atoms with Crippen molar-refractivity contribution in [1.82, 2.24) is 10.6 Å². The molecule has 19 heavy (non-hydrogen) atoms. The maximum absolute atomic E-state index is 11.6. The number of hydrogen-bond donors (Lipinski definition) is 3. The van der Waals surface area contributed by atoms with E-state index in [0.717, 1.165) is 19.3 Å². The molecule has 110 valence electrons. The molecule has 1 aliphatic carbocycles. The van der Waals surface area contributed by atoms with E-state index in [9.17, 15) is 9.59 Å². The van der Waals surface area contributed by atoms with Crippen LogP contribution in [-0.2, 0) is 4.79 Å². The summed E-state index contributed by atoms with van der Waals surface area (Å²) < 4.78 is 0. The van der Waals surface area contributed by atoms with Crippen LogP contribution < -0.4 is 10.6 Å². The second-order valence-electron chi connectivity index (χ2n) is 5.00. The lowest BCUT2D eigenvalue weighted by atomic mass is 10.1. The van der Waals surface area contributed by atoms with E-state index >= 15 is 0 Å². The summed E-state index contributed by atoms with van der Waals surface area (Å²) in [5, 5.41) is 14.6. The van der Waals surface area contributed by atoms with Gasteiger partial charge in [0.1, 0.15) is 0 Å². The lowest BCUT2D eigenvalue weighted by Gasteiger charge is -2.13. The summed E-state index contributed by atoms with van der Waals surface area (Å²) in [6.07, 6.45) is 7.39. The van der Waals surface area contributed by atoms with Crippen LogP contribution in [-0.4, -0.2) is 41.7 Å². The first kappa shape index (κ1) is 16.1. The fourth-order valence-corrected chi connectivity index (χ4v) is 2.82. The number of rotatable bonds is 8. The number of carbonyl (C=O) groups excluding carboxylic acids is 1. The van der Waals surface area contributed by atoms with Crippen molar-refractivity contribution in [3.05, 3.63) is 0 Å². The van der Waals surface area contributed by atoms with Gasteiger partial charge < -0.3 is 15.7 Å². The van der Waals surface area contributed by atoms with Gasteiger partial charge in [-0.05, 0) is 44.1 Å². The maximum Gasteiger partial charge on any atom is 0.315 e. The van der Waals surface area contributed by atoms with Gasteiger partial charge >= 0.3 is 12.0 Å². The second-order valence-corrected chi connectivity index (χ2v) is 5.98. The average Bonchev–Trinajstić information content (AvgIpc) is 2.82. The molecule has 1 aliphatic rings. The van der Waals surface area contributed by atoms with Crippen molar-refractivity contribution in [1.29, 1.82) is 0 Å². The summed E-state index contributed by atoms with van der Waals surface area (Å²) in [7, 11) is 0. The Kier molecular flexibility index (Phi) is 7.70. The molecule has 2 amide bonds. The second kappa shape index (κ2) is 9.07. The fourth-order valence-electron chi connectivity index (χ4n) is 2.32. The summed E-state index contributed by atoms with van der Waals surface area (Å²) in [6, 6.07) is -0.154. The van der Waals surface area contributed by atoms with Crippen LogP contribution in [0.25, 0.3) is 0 Å². The van der Waals surface area contributed by atoms with Gasteiger partial charge in [0.05, 0.1) is 5.92 Å². The highest BCUT2D eigenvalue weighted by Crippen LogP contribution is 2.25. The number of unbranched alkanes of at least 4 members (excludes halogenated alkanes) is 2. The molecule has 0 unspecified atom stereocenters. The molecule has 0 heterocycles. The molecule has 0 saturated heterocycles. The molecule has 1 saturated carbocycles. The lowest BCUT2D eigenvalue weighted by molar-refractivity contribution is -0.141. The van der Waals surface area contributed by atoms with Gasteiger partial charge in [0.2, 0.25) is 0 Å². The number of nitrogens with one attached hydrogen (secondary N) is 2. The highest BCUT2D eigenvalue weighted by atomic mass is 32.2. The molecule has 0 aromatic carbocycles. The van der Waals surface area contributed by atoms with Gasteiger partial charge in [-0.15, -0.1) is 0 Å². The first-order chi connectivity index (χ1) is 9.13. The Hall–Kier alpha value is -0.910. The van der Waals surface area contributed by atoms with Gasteiger partial charge in [0.15, 0.2) is 0 Å². The van der Waals surface area contributed by atoms with E-state index in [1.54, 1.807) is 0 Å². The zero-order chi connectivity index (χ0) is 14.1. The first-order valence-corrected chi connectivity index (χ1v) is 8.29. The minimum absolute atomic E-state index is 0.0117. The Morgan fingerprint density at radius 2 is 2.05 bits per heavy atom. The van der Waals surface area contributed by atoms with Gasteiger partial charge in [0, 0.05) is 12.6 Å².